The molecule has 1 heterocycles. The summed E-state index contributed by atoms with van der Waals surface area (Å²) in [6, 6.07) is 8.39. The van der Waals surface area contributed by atoms with Crippen LogP contribution >= 0.6 is 0 Å². The molecule has 1 aromatic carbocycles. The third-order valence-electron chi connectivity index (χ3n) is 5.72. The van der Waals surface area contributed by atoms with Gasteiger partial charge < -0.3 is 10.1 Å². The Morgan fingerprint density at radius 2 is 1.94 bits per heavy atom. The first kappa shape index (κ1) is 23.3. The maximum Gasteiger partial charge on any atom is 0.338 e. The van der Waals surface area contributed by atoms with Gasteiger partial charge in [-0.05, 0) is 30.7 Å². The molecule has 0 radical (unpaired) electrons. The summed E-state index contributed by atoms with van der Waals surface area (Å²) >= 11 is 0. The molecular weight excluding hydrogens is 428 g/mol. The van der Waals surface area contributed by atoms with E-state index in [-0.39, 0.29) is 23.4 Å². The molecule has 176 valence electrons. The van der Waals surface area contributed by atoms with E-state index in [1.807, 2.05) is 36.4 Å². The van der Waals surface area contributed by atoms with Gasteiger partial charge in [-0.25, -0.2) is 14.3 Å². The highest BCUT2D eigenvalue weighted by Gasteiger charge is 2.26. The number of benzene rings is 1. The quantitative estimate of drug-likeness (QED) is 0.612. The summed E-state index contributed by atoms with van der Waals surface area (Å²) in [5, 5.41) is 10.8. The van der Waals surface area contributed by atoms with E-state index in [4.69, 9.17) is 9.84 Å². The molecule has 0 saturated heterocycles. The van der Waals surface area contributed by atoms with Crippen LogP contribution in [-0.4, -0.2) is 34.4 Å². The molecule has 2 aliphatic carbocycles. The number of carbonyl (C=O) groups excluding carboxylic acids is 2. The van der Waals surface area contributed by atoms with Gasteiger partial charge >= 0.3 is 12.0 Å². The van der Waals surface area contributed by atoms with Gasteiger partial charge in [-0.3, -0.25) is 5.32 Å². The Hall–Kier alpha value is -3.87. The van der Waals surface area contributed by atoms with Crippen LogP contribution in [0.3, 0.4) is 0 Å². The minimum Gasteiger partial charge on any atom is -0.462 e. The van der Waals surface area contributed by atoms with E-state index in [1.165, 1.54) is 0 Å². The second-order valence-corrected chi connectivity index (χ2v) is 9.29. The molecule has 0 bridgehead atoms. The first-order valence-electron chi connectivity index (χ1n) is 11.4. The molecule has 2 aliphatic rings. The number of ether oxygens (including phenoxy) is 1. The number of amides is 2. The van der Waals surface area contributed by atoms with Crippen molar-refractivity contribution in [3.63, 3.8) is 0 Å². The van der Waals surface area contributed by atoms with Crippen molar-refractivity contribution in [1.29, 1.82) is 0 Å². The van der Waals surface area contributed by atoms with Gasteiger partial charge in [-0.15, -0.1) is 0 Å². The van der Waals surface area contributed by atoms with E-state index in [1.54, 1.807) is 29.8 Å². The number of fused-ring (bicyclic) bond motifs is 1. The first-order chi connectivity index (χ1) is 16.3. The lowest BCUT2D eigenvalue weighted by molar-refractivity contribution is 0.0526. The zero-order valence-corrected chi connectivity index (χ0v) is 19.9. The van der Waals surface area contributed by atoms with E-state index in [9.17, 15) is 9.59 Å². The van der Waals surface area contributed by atoms with Gasteiger partial charge in [0.05, 0.1) is 29.6 Å². The minimum atomic E-state index is -0.401. The zero-order valence-electron chi connectivity index (χ0n) is 19.9. The maximum atomic E-state index is 13.0. The summed E-state index contributed by atoms with van der Waals surface area (Å²) in [4.78, 5) is 25.3. The van der Waals surface area contributed by atoms with Gasteiger partial charge in [0.15, 0.2) is 0 Å². The fourth-order valence-corrected chi connectivity index (χ4v) is 3.93. The van der Waals surface area contributed by atoms with Gasteiger partial charge in [-0.1, -0.05) is 69.4 Å². The fourth-order valence-electron chi connectivity index (χ4n) is 3.93. The van der Waals surface area contributed by atoms with Crippen molar-refractivity contribution in [1.82, 2.24) is 15.1 Å². The minimum absolute atomic E-state index is 0.0945. The van der Waals surface area contributed by atoms with E-state index >= 15 is 0 Å². The molecule has 2 amide bonds. The Bertz CT molecular complexity index is 1210. The van der Waals surface area contributed by atoms with Crippen molar-refractivity contribution < 1.29 is 14.3 Å². The van der Waals surface area contributed by atoms with Gasteiger partial charge in [0, 0.05) is 17.4 Å². The van der Waals surface area contributed by atoms with E-state index in [0.717, 1.165) is 11.3 Å². The van der Waals surface area contributed by atoms with Crippen LogP contribution in [0.5, 0.6) is 0 Å². The number of hydrogen-bond acceptors (Lipinski definition) is 4. The fraction of sp³-hybridized carbons (Fsp3) is 0.296. The third kappa shape index (κ3) is 5.03. The number of nitrogens with zero attached hydrogens (tertiary/aromatic N) is 2. The number of nitrogens with one attached hydrogen (secondary N) is 2. The summed E-state index contributed by atoms with van der Waals surface area (Å²) in [5.74, 6) is 0.206. The van der Waals surface area contributed by atoms with Crippen LogP contribution < -0.4 is 10.6 Å². The molecular formula is C27H30N4O3. The van der Waals surface area contributed by atoms with Crippen LogP contribution in [0, 0.1) is 5.92 Å². The van der Waals surface area contributed by atoms with Gasteiger partial charge in [0.25, 0.3) is 0 Å². The predicted octanol–water partition coefficient (Wildman–Crippen LogP) is 5.08. The smallest absolute Gasteiger partial charge is 0.338 e. The second-order valence-electron chi connectivity index (χ2n) is 9.29. The summed E-state index contributed by atoms with van der Waals surface area (Å²) < 4.78 is 6.78. The zero-order chi connectivity index (χ0) is 24.3. The van der Waals surface area contributed by atoms with E-state index < -0.39 is 5.97 Å². The van der Waals surface area contributed by atoms with Crippen LogP contribution in [0.25, 0.3) is 5.69 Å². The maximum absolute atomic E-state index is 13.0. The predicted molar refractivity (Wildman–Crippen MR) is 133 cm³/mol. The lowest BCUT2D eigenvalue weighted by atomic mass is 9.84. The van der Waals surface area contributed by atoms with Crippen molar-refractivity contribution >= 4 is 17.8 Å². The Kier molecular flexibility index (Phi) is 6.54. The van der Waals surface area contributed by atoms with Gasteiger partial charge in [-0.2, -0.15) is 5.10 Å². The van der Waals surface area contributed by atoms with Crippen molar-refractivity contribution in [2.24, 2.45) is 5.92 Å². The third-order valence-corrected chi connectivity index (χ3v) is 5.72. The molecule has 2 unspecified atom stereocenters. The number of carbonyl (C=O) groups is 2. The largest absolute Gasteiger partial charge is 0.462 e. The molecule has 34 heavy (non-hydrogen) atoms. The average Bonchev–Trinajstić information content (AvgIpc) is 3.24. The van der Waals surface area contributed by atoms with Crippen molar-refractivity contribution in [3.05, 3.63) is 89.7 Å². The monoisotopic (exact) mass is 458 g/mol. The number of urea groups is 1. The molecule has 0 saturated carbocycles. The van der Waals surface area contributed by atoms with Crippen LogP contribution in [0.1, 0.15) is 43.7 Å². The number of aromatic nitrogens is 2. The lowest BCUT2D eigenvalue weighted by Crippen LogP contribution is -2.42. The second kappa shape index (κ2) is 9.55. The number of rotatable bonds is 5. The first-order valence-corrected chi connectivity index (χ1v) is 11.4. The van der Waals surface area contributed by atoms with Crippen LogP contribution in [0.4, 0.5) is 10.6 Å². The summed E-state index contributed by atoms with van der Waals surface area (Å²) in [7, 11) is 0. The van der Waals surface area contributed by atoms with E-state index in [2.05, 4.69) is 49.6 Å². The Morgan fingerprint density at radius 1 is 1.12 bits per heavy atom. The molecule has 0 aliphatic heterocycles. The number of allylic oxidation sites excluding steroid dienone is 5. The highest BCUT2D eigenvalue weighted by molar-refractivity contribution is 5.91. The van der Waals surface area contributed by atoms with E-state index in [0.29, 0.717) is 23.7 Å². The summed E-state index contributed by atoms with van der Waals surface area (Å²) in [5.41, 5.74) is 2.81. The summed E-state index contributed by atoms with van der Waals surface area (Å²) in [6.45, 7) is 8.24. The number of hydrogen-bond donors (Lipinski definition) is 2. The Labute approximate surface area is 199 Å². The lowest BCUT2D eigenvalue weighted by Gasteiger charge is -2.28. The van der Waals surface area contributed by atoms with Crippen LogP contribution in [0.2, 0.25) is 0 Å². The standard InChI is InChI=1S/C27H30N4O3/c1-5-34-25(32)19-12-8-13-20(16-19)31-24(17-23(30-31)27(2,3)4)29-26(33)28-22-15-9-11-18-10-6-7-14-21(18)22/h6-17,21-22H,5H2,1-4H3,(H2,28,29,33). The summed E-state index contributed by atoms with van der Waals surface area (Å²) in [6.07, 6.45) is 14.1. The van der Waals surface area contributed by atoms with Gasteiger partial charge in [0.2, 0.25) is 0 Å². The Balaban J connectivity index is 1.60. The number of anilines is 1. The SMILES string of the molecule is CCOC(=O)c1cccc(-n2nc(C(C)(C)C)cc2NC(=O)NC2C=CC=C3C=CC=CC32)c1. The number of esters is 1. The van der Waals surface area contributed by atoms with Crippen LogP contribution in [-0.2, 0) is 10.2 Å². The van der Waals surface area contributed by atoms with Crippen molar-refractivity contribution in [2.45, 2.75) is 39.2 Å². The van der Waals surface area contributed by atoms with Gasteiger partial charge in [0.1, 0.15) is 5.82 Å². The topological polar surface area (TPSA) is 85.2 Å². The molecule has 2 aromatic rings. The molecule has 2 N–H and O–H groups in total. The molecule has 0 spiro atoms. The molecule has 0 fully saturated rings. The molecule has 7 heteroatoms. The molecule has 1 aromatic heterocycles. The van der Waals surface area contributed by atoms with Crippen molar-refractivity contribution in [2.75, 3.05) is 11.9 Å². The highest BCUT2D eigenvalue weighted by atomic mass is 16.5. The highest BCUT2D eigenvalue weighted by Crippen LogP contribution is 2.28. The van der Waals surface area contributed by atoms with Crippen LogP contribution in [0.15, 0.2) is 78.4 Å². The molecule has 7 nitrogen and oxygen atoms in total. The van der Waals surface area contributed by atoms with Crippen molar-refractivity contribution in [3.8, 4) is 5.69 Å². The molecule has 2 atom stereocenters. The normalized spacial score (nSPS) is 18.8. The average molecular weight is 459 g/mol. The molecule has 4 rings (SSSR count). The Morgan fingerprint density at radius 3 is 2.71 bits per heavy atom.